The molecule has 1 aliphatic rings. The van der Waals surface area contributed by atoms with Crippen LogP contribution in [0.25, 0.3) is 64.6 Å². The zero-order chi connectivity index (χ0) is 25.1. The molecular formula is C34H23N3S. The van der Waals surface area contributed by atoms with Crippen molar-refractivity contribution in [1.29, 1.82) is 0 Å². The van der Waals surface area contributed by atoms with Gasteiger partial charge in [0.25, 0.3) is 0 Å². The Morgan fingerprint density at radius 1 is 0.737 bits per heavy atom. The molecular weight excluding hydrogens is 482 g/mol. The van der Waals surface area contributed by atoms with Gasteiger partial charge >= 0.3 is 0 Å². The Bertz CT molecular complexity index is 2080. The van der Waals surface area contributed by atoms with Crippen molar-refractivity contribution in [3.05, 3.63) is 121 Å². The molecule has 7 aromatic rings. The predicted octanol–water partition coefficient (Wildman–Crippen LogP) is 9.34. The summed E-state index contributed by atoms with van der Waals surface area (Å²) >= 11 is 1.83. The van der Waals surface area contributed by atoms with Crippen molar-refractivity contribution in [3.63, 3.8) is 0 Å². The molecule has 0 atom stereocenters. The van der Waals surface area contributed by atoms with E-state index in [1.54, 1.807) is 0 Å². The van der Waals surface area contributed by atoms with Gasteiger partial charge in [0.05, 0.1) is 38.3 Å². The summed E-state index contributed by atoms with van der Waals surface area (Å²) in [5.74, 6) is 0. The highest BCUT2D eigenvalue weighted by Gasteiger charge is 2.20. The minimum atomic E-state index is 0.977. The third kappa shape index (κ3) is 3.27. The molecule has 0 saturated carbocycles. The largest absolute Gasteiger partial charge is 0.308 e. The summed E-state index contributed by atoms with van der Waals surface area (Å²) in [4.78, 5) is 10.1. The summed E-state index contributed by atoms with van der Waals surface area (Å²) in [6.45, 7) is 0. The number of nitrogens with zero attached hydrogens (tertiary/aromatic N) is 3. The Kier molecular flexibility index (Phi) is 4.82. The summed E-state index contributed by atoms with van der Waals surface area (Å²) in [6.07, 6.45) is 11.0. The van der Waals surface area contributed by atoms with Crippen molar-refractivity contribution in [1.82, 2.24) is 14.5 Å². The maximum atomic E-state index is 5.15. The first kappa shape index (κ1) is 21.5. The summed E-state index contributed by atoms with van der Waals surface area (Å²) in [5, 5.41) is 3.60. The number of hydrogen-bond acceptors (Lipinski definition) is 3. The SMILES string of the molecule is C1=CC(c2cc(-n3c4ccccc4c4cnc5c6ccccc6sc5c43)cc(-c3ccccc3)n2)=CCC1. The Hall–Kier alpha value is -4.54. The molecule has 180 valence electrons. The van der Waals surface area contributed by atoms with Crippen LogP contribution in [-0.4, -0.2) is 14.5 Å². The highest BCUT2D eigenvalue weighted by Crippen LogP contribution is 2.42. The van der Waals surface area contributed by atoms with E-state index in [0.717, 1.165) is 41.0 Å². The van der Waals surface area contributed by atoms with Gasteiger partial charge in [-0.3, -0.25) is 4.98 Å². The number of para-hydroxylation sites is 1. The van der Waals surface area contributed by atoms with E-state index in [-0.39, 0.29) is 0 Å². The molecule has 4 heteroatoms. The number of allylic oxidation sites excluding steroid dienone is 4. The quantitative estimate of drug-likeness (QED) is 0.239. The van der Waals surface area contributed by atoms with Gasteiger partial charge in [-0.05, 0) is 42.7 Å². The van der Waals surface area contributed by atoms with Crippen molar-refractivity contribution < 1.29 is 0 Å². The Morgan fingerprint density at radius 3 is 2.39 bits per heavy atom. The average Bonchev–Trinajstić information content (AvgIpc) is 3.54. The van der Waals surface area contributed by atoms with Crippen molar-refractivity contribution in [2.24, 2.45) is 0 Å². The van der Waals surface area contributed by atoms with Crippen LogP contribution in [0.1, 0.15) is 18.5 Å². The smallest absolute Gasteiger partial charge is 0.0910 e. The zero-order valence-electron chi connectivity index (χ0n) is 20.6. The predicted molar refractivity (Wildman–Crippen MR) is 161 cm³/mol. The molecule has 0 spiro atoms. The second kappa shape index (κ2) is 8.51. The van der Waals surface area contributed by atoms with Gasteiger partial charge in [-0.15, -0.1) is 11.3 Å². The van der Waals surface area contributed by atoms with Crippen molar-refractivity contribution in [3.8, 4) is 16.9 Å². The van der Waals surface area contributed by atoms with E-state index in [9.17, 15) is 0 Å². The van der Waals surface area contributed by atoms with E-state index in [1.165, 1.54) is 42.2 Å². The van der Waals surface area contributed by atoms with Gasteiger partial charge in [-0.2, -0.15) is 0 Å². The van der Waals surface area contributed by atoms with Crippen LogP contribution < -0.4 is 0 Å². The summed E-state index contributed by atoms with van der Waals surface area (Å²) in [6, 6.07) is 32.2. The van der Waals surface area contributed by atoms with E-state index in [2.05, 4.69) is 120 Å². The third-order valence-corrected chi connectivity index (χ3v) is 8.62. The molecule has 0 radical (unpaired) electrons. The molecule has 0 bridgehead atoms. The minimum Gasteiger partial charge on any atom is -0.308 e. The number of pyridine rings is 2. The molecule has 8 rings (SSSR count). The van der Waals surface area contributed by atoms with Crippen LogP contribution in [0.15, 0.2) is 115 Å². The highest BCUT2D eigenvalue weighted by atomic mass is 32.1. The minimum absolute atomic E-state index is 0.977. The molecule has 1 aliphatic carbocycles. The number of thiophene rings is 1. The first-order valence-corrected chi connectivity index (χ1v) is 13.8. The van der Waals surface area contributed by atoms with Crippen LogP contribution in [0.5, 0.6) is 0 Å². The van der Waals surface area contributed by atoms with E-state index in [0.29, 0.717) is 0 Å². The molecule has 0 N–H and O–H groups in total. The molecule has 3 aromatic carbocycles. The van der Waals surface area contributed by atoms with Crippen molar-refractivity contribution in [2.45, 2.75) is 12.8 Å². The first-order valence-electron chi connectivity index (χ1n) is 13.0. The molecule has 0 aliphatic heterocycles. The van der Waals surface area contributed by atoms with Gasteiger partial charge in [0.15, 0.2) is 0 Å². The number of hydrogen-bond donors (Lipinski definition) is 0. The van der Waals surface area contributed by atoms with Crippen LogP contribution in [0.2, 0.25) is 0 Å². The monoisotopic (exact) mass is 505 g/mol. The molecule has 0 amide bonds. The number of benzene rings is 3. The van der Waals surface area contributed by atoms with Crippen LogP contribution >= 0.6 is 11.3 Å². The maximum Gasteiger partial charge on any atom is 0.0910 e. The standard InChI is InChI=1S/C34H23N3S/c1-3-11-22(12-4-1)28-19-24(20-29(36-28)23-13-5-2-6-14-23)37-30-17-9-7-15-25(30)27-21-35-32-26-16-8-10-18-31(26)38-34(32)33(27)37/h1,3-5,7-21H,2,6H2. The van der Waals surface area contributed by atoms with Crippen LogP contribution in [-0.2, 0) is 0 Å². The number of aromatic nitrogens is 3. The fourth-order valence-electron chi connectivity index (χ4n) is 5.69. The molecule has 4 aromatic heterocycles. The van der Waals surface area contributed by atoms with Gasteiger partial charge < -0.3 is 4.57 Å². The zero-order valence-corrected chi connectivity index (χ0v) is 21.5. The van der Waals surface area contributed by atoms with Gasteiger partial charge in [-0.1, -0.05) is 85.0 Å². The number of fused-ring (bicyclic) bond motifs is 7. The van der Waals surface area contributed by atoms with E-state index < -0.39 is 0 Å². The first-order chi connectivity index (χ1) is 18.8. The normalized spacial score (nSPS) is 13.6. The average molecular weight is 506 g/mol. The lowest BCUT2D eigenvalue weighted by atomic mass is 10.0. The Balaban J connectivity index is 1.51. The Morgan fingerprint density at radius 2 is 1.53 bits per heavy atom. The van der Waals surface area contributed by atoms with E-state index in [4.69, 9.17) is 9.97 Å². The van der Waals surface area contributed by atoms with Gasteiger partial charge in [0.1, 0.15) is 0 Å². The van der Waals surface area contributed by atoms with Gasteiger partial charge in [0.2, 0.25) is 0 Å². The molecule has 0 saturated heterocycles. The second-order valence-electron chi connectivity index (χ2n) is 9.75. The lowest BCUT2D eigenvalue weighted by Crippen LogP contribution is -2.00. The van der Waals surface area contributed by atoms with E-state index >= 15 is 0 Å². The molecule has 0 fully saturated rings. The molecule has 4 heterocycles. The summed E-state index contributed by atoms with van der Waals surface area (Å²) in [7, 11) is 0. The fraction of sp³-hybridized carbons (Fsp3) is 0.0588. The fourth-order valence-corrected chi connectivity index (χ4v) is 6.89. The van der Waals surface area contributed by atoms with Crippen molar-refractivity contribution >= 4 is 59.0 Å². The lowest BCUT2D eigenvalue weighted by Gasteiger charge is -2.14. The topological polar surface area (TPSA) is 30.7 Å². The van der Waals surface area contributed by atoms with Crippen LogP contribution in [0.4, 0.5) is 0 Å². The van der Waals surface area contributed by atoms with Gasteiger partial charge in [0, 0.05) is 32.6 Å². The van der Waals surface area contributed by atoms with Crippen molar-refractivity contribution in [2.75, 3.05) is 0 Å². The molecule has 3 nitrogen and oxygen atoms in total. The molecule has 38 heavy (non-hydrogen) atoms. The van der Waals surface area contributed by atoms with Crippen LogP contribution in [0.3, 0.4) is 0 Å². The second-order valence-corrected chi connectivity index (χ2v) is 10.8. The molecule has 0 unspecified atom stereocenters. The van der Waals surface area contributed by atoms with Crippen LogP contribution in [0, 0.1) is 0 Å². The summed E-state index contributed by atoms with van der Waals surface area (Å²) < 4.78 is 4.91. The summed E-state index contributed by atoms with van der Waals surface area (Å²) in [5.41, 5.74) is 8.86. The third-order valence-electron chi connectivity index (χ3n) is 7.45. The Labute approximate surface area is 224 Å². The number of rotatable bonds is 3. The lowest BCUT2D eigenvalue weighted by molar-refractivity contribution is 1.04. The van der Waals surface area contributed by atoms with E-state index in [1.807, 2.05) is 11.3 Å². The maximum absolute atomic E-state index is 5.15. The van der Waals surface area contributed by atoms with Gasteiger partial charge in [-0.25, -0.2) is 4.98 Å². The highest BCUT2D eigenvalue weighted by molar-refractivity contribution is 7.26.